The van der Waals surface area contributed by atoms with Crippen molar-refractivity contribution in [1.29, 1.82) is 0 Å². The number of carbonyl (C=O) groups excluding carboxylic acids is 2. The summed E-state index contributed by atoms with van der Waals surface area (Å²) in [6.45, 7) is 2.53. The molecule has 6 nitrogen and oxygen atoms in total. The number of pyridine rings is 1. The Morgan fingerprint density at radius 3 is 2.70 bits per heavy atom. The molecule has 0 unspecified atom stereocenters. The summed E-state index contributed by atoms with van der Waals surface area (Å²) in [6.07, 6.45) is 5.18. The summed E-state index contributed by atoms with van der Waals surface area (Å²) in [4.78, 5) is 33.4. The van der Waals surface area contributed by atoms with Gasteiger partial charge in [0.1, 0.15) is 0 Å². The number of rotatable bonds is 8. The maximum Gasteiger partial charge on any atom is 0.261 e. The van der Waals surface area contributed by atoms with Crippen LogP contribution in [0.25, 0.3) is 11.3 Å². The molecular weight excluding hydrogens is 380 g/mol. The van der Waals surface area contributed by atoms with Crippen molar-refractivity contribution >= 4 is 34.5 Å². The molecule has 0 saturated heterocycles. The first-order valence-corrected chi connectivity index (χ1v) is 10.3. The minimum atomic E-state index is -0.0799. The van der Waals surface area contributed by atoms with Gasteiger partial charge in [-0.1, -0.05) is 0 Å². The van der Waals surface area contributed by atoms with E-state index < -0.39 is 0 Å². The molecule has 0 atom stereocenters. The Bertz CT molecular complexity index is 905. The van der Waals surface area contributed by atoms with Crippen molar-refractivity contribution in [1.82, 2.24) is 20.6 Å². The summed E-state index contributed by atoms with van der Waals surface area (Å²) < 4.78 is 0. The highest BCUT2D eigenvalue weighted by Crippen LogP contribution is 2.21. The van der Waals surface area contributed by atoms with Gasteiger partial charge in [-0.3, -0.25) is 14.6 Å². The monoisotopic (exact) mass is 400 g/mol. The molecule has 0 fully saturated rings. The average Bonchev–Trinajstić information content (AvgIpc) is 3.34. The predicted molar refractivity (Wildman–Crippen MR) is 108 cm³/mol. The third-order valence-electron chi connectivity index (χ3n) is 3.78. The molecule has 0 spiro atoms. The largest absolute Gasteiger partial charge is 0.351 e. The molecule has 140 valence electrons. The van der Waals surface area contributed by atoms with Crippen molar-refractivity contribution in [2.45, 2.75) is 26.3 Å². The number of carbonyl (C=O) groups is 2. The highest BCUT2D eigenvalue weighted by molar-refractivity contribution is 7.14. The molecule has 0 aromatic carbocycles. The molecule has 0 aliphatic rings. The van der Waals surface area contributed by atoms with Crippen LogP contribution in [-0.4, -0.2) is 28.3 Å². The number of aromatic nitrogens is 2. The van der Waals surface area contributed by atoms with Crippen molar-refractivity contribution in [3.63, 3.8) is 0 Å². The van der Waals surface area contributed by atoms with Crippen molar-refractivity contribution in [2.75, 3.05) is 6.54 Å². The fourth-order valence-corrected chi connectivity index (χ4v) is 4.13. The molecule has 0 aliphatic carbocycles. The summed E-state index contributed by atoms with van der Waals surface area (Å²) >= 11 is 3.03. The second-order valence-electron chi connectivity index (χ2n) is 5.90. The topological polar surface area (TPSA) is 84.0 Å². The molecule has 3 heterocycles. The van der Waals surface area contributed by atoms with Gasteiger partial charge in [0, 0.05) is 48.1 Å². The Balaban J connectivity index is 1.42. The molecule has 27 heavy (non-hydrogen) atoms. The first-order valence-electron chi connectivity index (χ1n) is 8.58. The summed E-state index contributed by atoms with van der Waals surface area (Å²) in [5, 5.41) is 8.77. The van der Waals surface area contributed by atoms with E-state index in [2.05, 4.69) is 20.6 Å². The zero-order valence-electron chi connectivity index (χ0n) is 14.9. The lowest BCUT2D eigenvalue weighted by atomic mass is 10.2. The standard InChI is InChI=1S/C19H20N4O2S2/c1-13(24)22-11-15-4-5-17(27-15)19(25)21-8-2-3-18-23-16(12-26-18)14-6-9-20-10-7-14/h4-7,9-10,12H,2-3,8,11H2,1H3,(H,21,25)(H,22,24). The van der Waals surface area contributed by atoms with Crippen LogP contribution in [0.1, 0.15) is 32.9 Å². The van der Waals surface area contributed by atoms with E-state index >= 15 is 0 Å². The molecule has 3 aromatic rings. The maximum atomic E-state index is 12.2. The highest BCUT2D eigenvalue weighted by Gasteiger charge is 2.09. The lowest BCUT2D eigenvalue weighted by Crippen LogP contribution is -2.23. The Morgan fingerprint density at radius 1 is 1.11 bits per heavy atom. The second kappa shape index (κ2) is 9.38. The zero-order valence-corrected chi connectivity index (χ0v) is 16.5. The molecule has 2 amide bonds. The van der Waals surface area contributed by atoms with Gasteiger partial charge in [0.05, 0.1) is 22.1 Å². The molecule has 3 rings (SSSR count). The number of amides is 2. The van der Waals surface area contributed by atoms with Gasteiger partial charge in [0.2, 0.25) is 5.91 Å². The van der Waals surface area contributed by atoms with Crippen LogP contribution in [0.4, 0.5) is 0 Å². The lowest BCUT2D eigenvalue weighted by Gasteiger charge is -2.02. The third kappa shape index (κ3) is 5.70. The van der Waals surface area contributed by atoms with Crippen LogP contribution in [-0.2, 0) is 17.8 Å². The van der Waals surface area contributed by atoms with Gasteiger partial charge in [0.15, 0.2) is 0 Å². The van der Waals surface area contributed by atoms with Gasteiger partial charge in [-0.2, -0.15) is 0 Å². The van der Waals surface area contributed by atoms with Gasteiger partial charge in [-0.05, 0) is 30.7 Å². The molecule has 0 saturated carbocycles. The Hall–Kier alpha value is -2.58. The van der Waals surface area contributed by atoms with Gasteiger partial charge >= 0.3 is 0 Å². The van der Waals surface area contributed by atoms with E-state index in [0.717, 1.165) is 34.0 Å². The number of nitrogens with one attached hydrogen (secondary N) is 2. The predicted octanol–water partition coefficient (Wildman–Crippen LogP) is 3.27. The van der Waals surface area contributed by atoms with Crippen molar-refractivity contribution in [2.24, 2.45) is 0 Å². The molecule has 0 bridgehead atoms. The van der Waals surface area contributed by atoms with Crippen LogP contribution < -0.4 is 10.6 Å². The smallest absolute Gasteiger partial charge is 0.261 e. The number of thiazole rings is 1. The van der Waals surface area contributed by atoms with Crippen LogP contribution in [0.2, 0.25) is 0 Å². The van der Waals surface area contributed by atoms with E-state index in [4.69, 9.17) is 0 Å². The molecule has 3 aromatic heterocycles. The number of hydrogen-bond acceptors (Lipinski definition) is 6. The van der Waals surface area contributed by atoms with Crippen LogP contribution in [0.3, 0.4) is 0 Å². The second-order valence-corrected chi connectivity index (χ2v) is 8.01. The van der Waals surface area contributed by atoms with E-state index in [9.17, 15) is 9.59 Å². The van der Waals surface area contributed by atoms with E-state index in [-0.39, 0.29) is 11.8 Å². The summed E-state index contributed by atoms with van der Waals surface area (Å²) in [7, 11) is 0. The van der Waals surface area contributed by atoms with Gasteiger partial charge < -0.3 is 10.6 Å². The molecule has 0 aliphatic heterocycles. The van der Waals surface area contributed by atoms with Crippen LogP contribution in [0.5, 0.6) is 0 Å². The lowest BCUT2D eigenvalue weighted by molar-refractivity contribution is -0.119. The normalized spacial score (nSPS) is 10.6. The van der Waals surface area contributed by atoms with Crippen molar-refractivity contribution in [3.8, 4) is 11.3 Å². The third-order valence-corrected chi connectivity index (χ3v) is 5.77. The first-order chi connectivity index (χ1) is 13.1. The maximum absolute atomic E-state index is 12.2. The molecular formula is C19H20N4O2S2. The molecule has 2 N–H and O–H groups in total. The number of thiophene rings is 1. The Labute approximate surface area is 165 Å². The SMILES string of the molecule is CC(=O)NCc1ccc(C(=O)NCCCc2nc(-c3ccncc3)cs2)s1. The van der Waals surface area contributed by atoms with E-state index in [0.29, 0.717) is 18.0 Å². The van der Waals surface area contributed by atoms with Crippen LogP contribution in [0.15, 0.2) is 42.0 Å². The van der Waals surface area contributed by atoms with E-state index in [1.165, 1.54) is 18.3 Å². The van der Waals surface area contributed by atoms with Crippen LogP contribution >= 0.6 is 22.7 Å². The van der Waals surface area contributed by atoms with Gasteiger partial charge in [-0.15, -0.1) is 22.7 Å². The minimum Gasteiger partial charge on any atom is -0.351 e. The Kier molecular flexibility index (Phi) is 6.67. The molecule has 8 heteroatoms. The summed E-state index contributed by atoms with van der Waals surface area (Å²) in [6, 6.07) is 7.55. The van der Waals surface area contributed by atoms with Crippen LogP contribution in [0, 0.1) is 0 Å². The minimum absolute atomic E-state index is 0.0781. The number of aryl methyl sites for hydroxylation is 1. The van der Waals surface area contributed by atoms with E-state index in [1.54, 1.807) is 29.8 Å². The quantitative estimate of drug-likeness (QED) is 0.569. The first kappa shape index (κ1) is 19.2. The van der Waals surface area contributed by atoms with Crippen molar-refractivity contribution in [3.05, 3.63) is 56.8 Å². The van der Waals surface area contributed by atoms with Gasteiger partial charge in [-0.25, -0.2) is 4.98 Å². The molecule has 0 radical (unpaired) electrons. The number of nitrogens with zero attached hydrogens (tertiary/aromatic N) is 2. The van der Waals surface area contributed by atoms with Crippen molar-refractivity contribution < 1.29 is 9.59 Å². The zero-order chi connectivity index (χ0) is 19.1. The fraction of sp³-hybridized carbons (Fsp3) is 0.263. The highest BCUT2D eigenvalue weighted by atomic mass is 32.1. The average molecular weight is 401 g/mol. The summed E-state index contributed by atoms with van der Waals surface area (Å²) in [5.41, 5.74) is 2.03. The van der Waals surface area contributed by atoms with E-state index in [1.807, 2.05) is 23.6 Å². The Morgan fingerprint density at radius 2 is 1.93 bits per heavy atom. The fourth-order valence-electron chi connectivity index (χ4n) is 2.42. The van der Waals surface area contributed by atoms with Gasteiger partial charge in [0.25, 0.3) is 5.91 Å². The number of hydrogen-bond donors (Lipinski definition) is 2. The summed E-state index contributed by atoms with van der Waals surface area (Å²) in [5.74, 6) is -0.158.